The molecule has 0 saturated carbocycles. The van der Waals surface area contributed by atoms with Crippen molar-refractivity contribution in [2.24, 2.45) is 11.8 Å². The summed E-state index contributed by atoms with van der Waals surface area (Å²) in [6, 6.07) is 3.98. The molecule has 0 aliphatic carbocycles. The number of nitriles is 1. The highest BCUT2D eigenvalue weighted by atomic mass is 19.4. The van der Waals surface area contributed by atoms with Crippen molar-refractivity contribution in [3.05, 3.63) is 29.3 Å². The van der Waals surface area contributed by atoms with Crippen molar-refractivity contribution in [2.75, 3.05) is 4.90 Å². The highest BCUT2D eigenvalue weighted by Gasteiger charge is 2.82. The second kappa shape index (κ2) is 6.77. The number of hydrogen-bond acceptors (Lipinski definition) is 7. The smallest absolute Gasteiger partial charge is 0.417 e. The number of hydrogen-bond donors (Lipinski definition) is 1. The average Bonchev–Trinajstić information content (AvgIpc) is 3.19. The van der Waals surface area contributed by atoms with Gasteiger partial charge in [-0.25, -0.2) is 9.69 Å². The zero-order chi connectivity index (χ0) is 24.7. The lowest BCUT2D eigenvalue weighted by Crippen LogP contribution is -2.63. The highest BCUT2D eigenvalue weighted by Crippen LogP contribution is 2.65. The number of imide groups is 1. The first-order valence-corrected chi connectivity index (χ1v) is 10.2. The van der Waals surface area contributed by atoms with Gasteiger partial charge in [-0.3, -0.25) is 9.59 Å². The molecule has 11 heteroatoms. The van der Waals surface area contributed by atoms with Crippen LogP contribution in [0.2, 0.25) is 0 Å². The standard InChI is InChI=1S/C22H21F3N2O6/c1-10(2)32-18(30)21(31)9-19(3)14-15(20(21,4)33-19)17(29)27(16(14)28)12-6-5-11(8-26)13(7-12)22(23,24)25/h5-7,10,14-15,31H,9H2,1-4H3/t14-,15+,19?,20?,21-/m1/s1. The maximum absolute atomic E-state index is 13.4. The molecule has 3 saturated heterocycles. The highest BCUT2D eigenvalue weighted by molar-refractivity contribution is 6.23. The fourth-order valence-corrected chi connectivity index (χ4v) is 5.47. The fourth-order valence-electron chi connectivity index (χ4n) is 5.47. The lowest BCUT2D eigenvalue weighted by atomic mass is 9.61. The fraction of sp³-hybridized carbons (Fsp3) is 0.545. The van der Waals surface area contributed by atoms with Crippen LogP contribution in [0, 0.1) is 23.2 Å². The Hall–Kier alpha value is -2.97. The Bertz CT molecular complexity index is 1130. The van der Waals surface area contributed by atoms with Gasteiger partial charge in [-0.15, -0.1) is 0 Å². The van der Waals surface area contributed by atoms with E-state index in [9.17, 15) is 32.7 Å². The Kier molecular flexibility index (Phi) is 4.76. The van der Waals surface area contributed by atoms with Gasteiger partial charge in [0.1, 0.15) is 5.60 Å². The van der Waals surface area contributed by atoms with Crippen LogP contribution in [0.25, 0.3) is 0 Å². The number of ether oxygens (including phenoxy) is 2. The number of rotatable bonds is 3. The first-order chi connectivity index (χ1) is 15.1. The predicted molar refractivity (Wildman–Crippen MR) is 104 cm³/mol. The summed E-state index contributed by atoms with van der Waals surface area (Å²) in [4.78, 5) is 40.1. The Morgan fingerprint density at radius 3 is 2.42 bits per heavy atom. The average molecular weight is 466 g/mol. The van der Waals surface area contributed by atoms with Crippen LogP contribution in [0.5, 0.6) is 0 Å². The minimum atomic E-state index is -4.89. The van der Waals surface area contributed by atoms with Crippen molar-refractivity contribution in [3.63, 3.8) is 0 Å². The van der Waals surface area contributed by atoms with E-state index in [-0.39, 0.29) is 12.1 Å². The van der Waals surface area contributed by atoms with Gasteiger partial charge in [-0.2, -0.15) is 18.4 Å². The molecule has 8 nitrogen and oxygen atoms in total. The van der Waals surface area contributed by atoms with E-state index in [2.05, 4.69) is 0 Å². The summed E-state index contributed by atoms with van der Waals surface area (Å²) in [6.45, 7) is 5.97. The molecule has 2 bridgehead atoms. The summed E-state index contributed by atoms with van der Waals surface area (Å²) in [5.41, 5.74) is -7.79. The van der Waals surface area contributed by atoms with E-state index in [0.29, 0.717) is 11.0 Å². The molecule has 3 heterocycles. The number of carbonyl (C=O) groups is 3. The minimum Gasteiger partial charge on any atom is -0.461 e. The molecule has 1 N–H and O–H groups in total. The molecule has 0 spiro atoms. The number of esters is 1. The van der Waals surface area contributed by atoms with E-state index >= 15 is 0 Å². The van der Waals surface area contributed by atoms with Crippen molar-refractivity contribution >= 4 is 23.5 Å². The van der Waals surface area contributed by atoms with Crippen molar-refractivity contribution in [1.82, 2.24) is 0 Å². The van der Waals surface area contributed by atoms with Crippen molar-refractivity contribution in [1.29, 1.82) is 5.26 Å². The number of fused-ring (bicyclic) bond motifs is 5. The molecule has 1 aromatic rings. The summed E-state index contributed by atoms with van der Waals surface area (Å²) in [5.74, 6) is -5.14. The molecule has 3 aliphatic rings. The second-order valence-electron chi connectivity index (χ2n) is 9.32. The number of amides is 2. The van der Waals surface area contributed by atoms with Crippen LogP contribution < -0.4 is 4.90 Å². The molecule has 0 radical (unpaired) electrons. The Labute approximate surface area is 186 Å². The van der Waals surface area contributed by atoms with Gasteiger partial charge in [0, 0.05) is 6.42 Å². The van der Waals surface area contributed by atoms with Gasteiger partial charge in [0.15, 0.2) is 5.60 Å². The summed E-state index contributed by atoms with van der Waals surface area (Å²) in [6.07, 6.45) is -5.77. The zero-order valence-electron chi connectivity index (χ0n) is 18.2. The van der Waals surface area contributed by atoms with Crippen molar-refractivity contribution in [2.45, 2.75) is 63.2 Å². The van der Waals surface area contributed by atoms with Gasteiger partial charge >= 0.3 is 12.1 Å². The number of benzene rings is 1. The number of nitrogens with zero attached hydrogens (tertiary/aromatic N) is 2. The Balaban J connectivity index is 1.79. The third-order valence-corrected chi connectivity index (χ3v) is 6.80. The van der Waals surface area contributed by atoms with E-state index in [1.165, 1.54) is 19.9 Å². The van der Waals surface area contributed by atoms with Crippen LogP contribution in [0.1, 0.15) is 45.2 Å². The summed E-state index contributed by atoms with van der Waals surface area (Å²) in [7, 11) is 0. The largest absolute Gasteiger partial charge is 0.461 e. The maximum Gasteiger partial charge on any atom is 0.417 e. The van der Waals surface area contributed by atoms with Crippen LogP contribution in [0.15, 0.2) is 18.2 Å². The van der Waals surface area contributed by atoms with Crippen LogP contribution in [0.3, 0.4) is 0 Å². The Morgan fingerprint density at radius 1 is 1.27 bits per heavy atom. The predicted octanol–water partition coefficient (Wildman–Crippen LogP) is 2.32. The summed E-state index contributed by atoms with van der Waals surface area (Å²) in [5, 5.41) is 20.3. The third kappa shape index (κ3) is 2.93. The first kappa shape index (κ1) is 23.2. The molecule has 2 amide bonds. The molecule has 5 atom stereocenters. The molecule has 4 rings (SSSR count). The molecular formula is C22H21F3N2O6. The molecular weight excluding hydrogens is 445 g/mol. The van der Waals surface area contributed by atoms with Gasteiger partial charge in [-0.05, 0) is 45.9 Å². The van der Waals surface area contributed by atoms with Gasteiger partial charge in [0.25, 0.3) is 0 Å². The molecule has 3 fully saturated rings. The minimum absolute atomic E-state index is 0.322. The lowest BCUT2D eigenvalue weighted by molar-refractivity contribution is -0.191. The Morgan fingerprint density at radius 2 is 1.88 bits per heavy atom. The van der Waals surface area contributed by atoms with E-state index in [1.54, 1.807) is 13.8 Å². The number of alkyl halides is 3. The molecule has 1 aromatic carbocycles. The van der Waals surface area contributed by atoms with Crippen LogP contribution >= 0.6 is 0 Å². The molecule has 3 aliphatic heterocycles. The quantitative estimate of drug-likeness (QED) is 0.537. The molecule has 2 unspecified atom stereocenters. The second-order valence-corrected chi connectivity index (χ2v) is 9.32. The van der Waals surface area contributed by atoms with Gasteiger partial charge in [-0.1, -0.05) is 0 Å². The molecule has 0 aromatic heterocycles. The molecule has 33 heavy (non-hydrogen) atoms. The maximum atomic E-state index is 13.4. The third-order valence-electron chi connectivity index (χ3n) is 6.80. The number of anilines is 1. The van der Waals surface area contributed by atoms with Crippen LogP contribution in [-0.2, 0) is 30.0 Å². The number of halogens is 3. The van der Waals surface area contributed by atoms with E-state index in [4.69, 9.17) is 14.7 Å². The summed E-state index contributed by atoms with van der Waals surface area (Å²) < 4.78 is 51.4. The monoisotopic (exact) mass is 466 g/mol. The van der Waals surface area contributed by atoms with Gasteiger partial charge in [0.05, 0.1) is 46.4 Å². The van der Waals surface area contributed by atoms with E-state index in [0.717, 1.165) is 12.1 Å². The van der Waals surface area contributed by atoms with Gasteiger partial charge in [0.2, 0.25) is 11.8 Å². The van der Waals surface area contributed by atoms with E-state index < -0.39 is 69.8 Å². The molecule has 176 valence electrons. The number of aliphatic hydroxyl groups is 1. The zero-order valence-corrected chi connectivity index (χ0v) is 18.2. The van der Waals surface area contributed by atoms with E-state index in [1.807, 2.05) is 0 Å². The first-order valence-electron chi connectivity index (χ1n) is 10.2. The van der Waals surface area contributed by atoms with Crippen molar-refractivity contribution < 1.29 is 42.1 Å². The van der Waals surface area contributed by atoms with Crippen LogP contribution in [0.4, 0.5) is 18.9 Å². The SMILES string of the molecule is CC(C)OC(=O)[C@]1(O)CC2(C)OC1(C)[C@@H]1C(=O)N(c3ccc(C#N)c(C(F)(F)F)c3)C(=O)[C@@H]12. The normalized spacial score (nSPS) is 35.2. The van der Waals surface area contributed by atoms with Crippen LogP contribution in [-0.4, -0.2) is 45.8 Å². The lowest BCUT2D eigenvalue weighted by Gasteiger charge is -2.40. The van der Waals surface area contributed by atoms with Crippen molar-refractivity contribution in [3.8, 4) is 6.07 Å². The summed E-state index contributed by atoms with van der Waals surface area (Å²) >= 11 is 0. The number of carbonyl (C=O) groups excluding carboxylic acids is 3. The topological polar surface area (TPSA) is 117 Å². The van der Waals surface area contributed by atoms with Gasteiger partial charge < -0.3 is 14.6 Å².